The molecule has 152 valence electrons. The van der Waals surface area contributed by atoms with E-state index in [1.807, 2.05) is 37.4 Å². The second kappa shape index (κ2) is 7.79. The summed E-state index contributed by atoms with van der Waals surface area (Å²) in [5, 5.41) is 9.48. The van der Waals surface area contributed by atoms with Gasteiger partial charge < -0.3 is 25.4 Å². The van der Waals surface area contributed by atoms with Gasteiger partial charge in [-0.05, 0) is 42.5 Å². The monoisotopic (exact) mass is 417 g/mol. The fourth-order valence-electron chi connectivity index (χ4n) is 3.94. The number of aromatic nitrogens is 3. The van der Waals surface area contributed by atoms with Crippen molar-refractivity contribution in [2.24, 2.45) is 0 Å². The molecule has 30 heavy (non-hydrogen) atoms. The number of thiocarbonyl (C=S) groups is 1. The second-order valence-corrected chi connectivity index (χ2v) is 7.71. The molecule has 0 saturated carbocycles. The average molecular weight is 418 g/mol. The van der Waals surface area contributed by atoms with Crippen molar-refractivity contribution in [2.75, 3.05) is 48.8 Å². The number of aromatic amines is 1. The van der Waals surface area contributed by atoms with Gasteiger partial charge in [0.15, 0.2) is 5.11 Å². The number of nitrogens with one attached hydrogen (secondary N) is 3. The Hall–Kier alpha value is -3.39. The first-order valence-corrected chi connectivity index (χ1v) is 10.4. The molecule has 2 aromatic heterocycles. The third-order valence-corrected chi connectivity index (χ3v) is 5.93. The molecule has 0 amide bonds. The third kappa shape index (κ3) is 3.39. The van der Waals surface area contributed by atoms with Gasteiger partial charge in [0.05, 0.1) is 5.39 Å². The lowest BCUT2D eigenvalue weighted by Gasteiger charge is -2.37. The van der Waals surface area contributed by atoms with E-state index in [-0.39, 0.29) is 0 Å². The van der Waals surface area contributed by atoms with Gasteiger partial charge in [-0.1, -0.05) is 18.2 Å². The molecule has 3 N–H and O–H groups in total. The van der Waals surface area contributed by atoms with E-state index in [0.717, 1.165) is 70.4 Å². The number of para-hydroxylation sites is 1. The highest BCUT2D eigenvalue weighted by Gasteiger charge is 2.23. The summed E-state index contributed by atoms with van der Waals surface area (Å²) in [5.41, 5.74) is 4.04. The minimum absolute atomic E-state index is 0.756. The highest BCUT2D eigenvalue weighted by molar-refractivity contribution is 7.80. The molecule has 0 atom stereocenters. The number of benzene rings is 2. The number of fused-ring (bicyclic) bond motifs is 3. The molecule has 0 bridgehead atoms. The van der Waals surface area contributed by atoms with Crippen LogP contribution in [0, 0.1) is 0 Å². The van der Waals surface area contributed by atoms with Gasteiger partial charge in [0.25, 0.3) is 0 Å². The standard InChI is InChI=1S/C22H23N7S/c1-23-15-6-8-16(9-7-15)26-22(30)29-12-10-28(11-13-29)21-19-17-4-2-3-5-18(17)27-20(19)24-14-25-21/h2-9,14,23H,10-13H2,1H3,(H,26,30)(H,24,25,27). The summed E-state index contributed by atoms with van der Waals surface area (Å²) < 4.78 is 0. The fourth-order valence-corrected chi connectivity index (χ4v) is 4.24. The van der Waals surface area contributed by atoms with Gasteiger partial charge >= 0.3 is 0 Å². The van der Waals surface area contributed by atoms with Crippen molar-refractivity contribution < 1.29 is 0 Å². The lowest BCUT2D eigenvalue weighted by Crippen LogP contribution is -2.50. The van der Waals surface area contributed by atoms with Gasteiger partial charge in [-0.25, -0.2) is 9.97 Å². The van der Waals surface area contributed by atoms with Gasteiger partial charge in [-0.2, -0.15) is 0 Å². The van der Waals surface area contributed by atoms with Crippen LogP contribution in [0.15, 0.2) is 54.9 Å². The maximum Gasteiger partial charge on any atom is 0.173 e. The zero-order valence-corrected chi connectivity index (χ0v) is 17.5. The molecule has 8 heteroatoms. The molecule has 7 nitrogen and oxygen atoms in total. The molecule has 4 aromatic rings. The summed E-state index contributed by atoms with van der Waals surface area (Å²) in [6.45, 7) is 3.39. The van der Waals surface area contributed by atoms with E-state index in [1.54, 1.807) is 6.33 Å². The highest BCUT2D eigenvalue weighted by atomic mass is 32.1. The van der Waals surface area contributed by atoms with Gasteiger partial charge in [0.1, 0.15) is 17.8 Å². The molecule has 2 aromatic carbocycles. The van der Waals surface area contributed by atoms with Crippen LogP contribution < -0.4 is 15.5 Å². The van der Waals surface area contributed by atoms with E-state index in [4.69, 9.17) is 12.2 Å². The first kappa shape index (κ1) is 18.6. The Morgan fingerprint density at radius 3 is 2.47 bits per heavy atom. The minimum Gasteiger partial charge on any atom is -0.388 e. The van der Waals surface area contributed by atoms with Crippen molar-refractivity contribution in [1.82, 2.24) is 19.9 Å². The van der Waals surface area contributed by atoms with Gasteiger partial charge in [-0.3, -0.25) is 0 Å². The molecule has 0 unspecified atom stereocenters. The van der Waals surface area contributed by atoms with Crippen LogP contribution in [0.5, 0.6) is 0 Å². The fraction of sp³-hybridized carbons (Fsp3) is 0.227. The van der Waals surface area contributed by atoms with Crippen LogP contribution in [0.25, 0.3) is 21.9 Å². The zero-order valence-electron chi connectivity index (χ0n) is 16.7. The molecule has 1 aliphatic rings. The summed E-state index contributed by atoms with van der Waals surface area (Å²) in [6.07, 6.45) is 1.64. The van der Waals surface area contributed by atoms with Crippen molar-refractivity contribution in [1.29, 1.82) is 0 Å². The van der Waals surface area contributed by atoms with Crippen LogP contribution in [0.1, 0.15) is 0 Å². The number of nitrogens with zero attached hydrogens (tertiary/aromatic N) is 4. The molecule has 0 radical (unpaired) electrons. The molecule has 0 aliphatic carbocycles. The first-order valence-electron chi connectivity index (χ1n) is 10.0. The molecular formula is C22H23N7S. The lowest BCUT2D eigenvalue weighted by atomic mass is 10.2. The van der Waals surface area contributed by atoms with Crippen LogP contribution >= 0.6 is 12.2 Å². The van der Waals surface area contributed by atoms with Crippen LogP contribution in [-0.4, -0.2) is 58.2 Å². The Morgan fingerprint density at radius 1 is 0.967 bits per heavy atom. The third-order valence-electron chi connectivity index (χ3n) is 5.57. The maximum absolute atomic E-state index is 5.65. The molecule has 3 heterocycles. The van der Waals surface area contributed by atoms with Crippen molar-refractivity contribution >= 4 is 56.5 Å². The Morgan fingerprint density at radius 2 is 1.70 bits per heavy atom. The molecule has 0 spiro atoms. The van der Waals surface area contributed by atoms with Gasteiger partial charge in [0, 0.05) is 55.5 Å². The highest BCUT2D eigenvalue weighted by Crippen LogP contribution is 2.31. The van der Waals surface area contributed by atoms with Crippen molar-refractivity contribution in [3.05, 3.63) is 54.9 Å². The topological polar surface area (TPSA) is 72.1 Å². The predicted molar refractivity (Wildman–Crippen MR) is 127 cm³/mol. The van der Waals surface area contributed by atoms with Crippen LogP contribution in [0.2, 0.25) is 0 Å². The van der Waals surface area contributed by atoms with E-state index < -0.39 is 0 Å². The number of piperazine rings is 1. The quantitative estimate of drug-likeness (QED) is 0.439. The van der Waals surface area contributed by atoms with E-state index in [9.17, 15) is 0 Å². The van der Waals surface area contributed by atoms with Crippen molar-refractivity contribution in [3.8, 4) is 0 Å². The summed E-state index contributed by atoms with van der Waals surface area (Å²) in [6, 6.07) is 16.4. The Balaban J connectivity index is 1.30. The van der Waals surface area contributed by atoms with E-state index in [1.165, 1.54) is 0 Å². The van der Waals surface area contributed by atoms with Crippen LogP contribution in [-0.2, 0) is 0 Å². The van der Waals surface area contributed by atoms with Gasteiger partial charge in [0.2, 0.25) is 0 Å². The number of H-pyrrole nitrogens is 1. The Kier molecular flexibility index (Phi) is 4.84. The Labute approximate surface area is 180 Å². The first-order chi connectivity index (χ1) is 14.7. The predicted octanol–water partition coefficient (Wildman–Crippen LogP) is 3.67. The number of hydrogen-bond donors (Lipinski definition) is 3. The van der Waals surface area contributed by atoms with Crippen molar-refractivity contribution in [2.45, 2.75) is 0 Å². The molecule has 1 fully saturated rings. The maximum atomic E-state index is 5.65. The van der Waals surface area contributed by atoms with E-state index in [0.29, 0.717) is 0 Å². The summed E-state index contributed by atoms with van der Waals surface area (Å²) in [4.78, 5) is 17.0. The van der Waals surface area contributed by atoms with Crippen molar-refractivity contribution in [3.63, 3.8) is 0 Å². The normalized spacial score (nSPS) is 14.3. The van der Waals surface area contributed by atoms with Crippen LogP contribution in [0.3, 0.4) is 0 Å². The summed E-state index contributed by atoms with van der Waals surface area (Å²) in [5.74, 6) is 0.985. The number of anilines is 3. The van der Waals surface area contributed by atoms with Gasteiger partial charge in [-0.15, -0.1) is 0 Å². The number of rotatable bonds is 3. The number of hydrogen-bond acceptors (Lipinski definition) is 5. The smallest absolute Gasteiger partial charge is 0.173 e. The molecule has 1 aliphatic heterocycles. The SMILES string of the molecule is CNc1ccc(NC(=S)N2CCN(c3ncnc4[nH]c5ccccc5c34)CC2)cc1. The largest absolute Gasteiger partial charge is 0.388 e. The lowest BCUT2D eigenvalue weighted by molar-refractivity contribution is 0.390. The zero-order chi connectivity index (χ0) is 20.5. The average Bonchev–Trinajstić information content (AvgIpc) is 3.18. The van der Waals surface area contributed by atoms with Crippen LogP contribution in [0.4, 0.5) is 17.2 Å². The second-order valence-electron chi connectivity index (χ2n) is 7.32. The molecule has 5 rings (SSSR count). The minimum atomic E-state index is 0.756. The van der Waals surface area contributed by atoms with E-state index >= 15 is 0 Å². The molecular weight excluding hydrogens is 394 g/mol. The Bertz CT molecular complexity index is 1190. The molecule has 1 saturated heterocycles. The summed E-state index contributed by atoms with van der Waals surface area (Å²) in [7, 11) is 1.91. The van der Waals surface area contributed by atoms with E-state index in [2.05, 4.69) is 53.6 Å². The summed E-state index contributed by atoms with van der Waals surface area (Å²) >= 11 is 5.65.